The van der Waals surface area contributed by atoms with Crippen molar-refractivity contribution in [1.82, 2.24) is 15.2 Å². The zero-order valence-corrected chi connectivity index (χ0v) is 11.3. The molecule has 5 heteroatoms. The molecule has 0 bridgehead atoms. The van der Waals surface area contributed by atoms with Gasteiger partial charge in [-0.05, 0) is 23.6 Å². The Kier molecular flexibility index (Phi) is 4.84. The molecule has 4 nitrogen and oxygen atoms in total. The summed E-state index contributed by atoms with van der Waals surface area (Å²) in [5.41, 5.74) is 0. The van der Waals surface area contributed by atoms with Gasteiger partial charge in [0.25, 0.3) is 0 Å². The third-order valence-corrected chi connectivity index (χ3v) is 3.44. The van der Waals surface area contributed by atoms with Gasteiger partial charge < -0.3 is 15.2 Å². The van der Waals surface area contributed by atoms with Gasteiger partial charge >= 0.3 is 0 Å². The highest BCUT2D eigenvalue weighted by atomic mass is 32.1. The van der Waals surface area contributed by atoms with E-state index in [-0.39, 0.29) is 0 Å². The topological polar surface area (TPSA) is 41.4 Å². The van der Waals surface area contributed by atoms with Crippen LogP contribution in [0.25, 0.3) is 0 Å². The summed E-state index contributed by atoms with van der Waals surface area (Å²) in [5, 5.41) is 8.67. The molecule has 0 saturated heterocycles. The van der Waals surface area contributed by atoms with Crippen molar-refractivity contribution in [3.05, 3.63) is 46.9 Å². The molecule has 2 aromatic heterocycles. The Balaban J connectivity index is 1.69. The average molecular weight is 262 g/mol. The maximum absolute atomic E-state index is 4.20. The van der Waals surface area contributed by atoms with Crippen molar-refractivity contribution in [2.75, 3.05) is 13.6 Å². The summed E-state index contributed by atoms with van der Waals surface area (Å²) in [7, 11) is 1.79. The number of rotatable bonds is 5. The molecule has 0 radical (unpaired) electrons. The van der Waals surface area contributed by atoms with Gasteiger partial charge in [0.2, 0.25) is 0 Å². The quantitative estimate of drug-likeness (QED) is 0.638. The van der Waals surface area contributed by atoms with Crippen molar-refractivity contribution >= 4 is 17.3 Å². The Hall–Kier alpha value is -1.75. The van der Waals surface area contributed by atoms with Crippen molar-refractivity contribution in [2.24, 2.45) is 4.99 Å². The predicted molar refractivity (Wildman–Crippen MR) is 77.0 cm³/mol. The third-order valence-electron chi connectivity index (χ3n) is 2.56. The number of aromatic nitrogens is 1. The van der Waals surface area contributed by atoms with Gasteiger partial charge in [0.1, 0.15) is 0 Å². The number of nitrogens with zero attached hydrogens (tertiary/aromatic N) is 2. The molecule has 0 aliphatic carbocycles. The fourth-order valence-electron chi connectivity index (χ4n) is 1.63. The molecule has 0 saturated carbocycles. The normalized spacial score (nSPS) is 11.5. The summed E-state index contributed by atoms with van der Waals surface area (Å²) < 4.78 is 2.14. The van der Waals surface area contributed by atoms with Crippen LogP contribution < -0.4 is 10.6 Å². The van der Waals surface area contributed by atoms with Crippen LogP contribution in [0.1, 0.15) is 4.88 Å². The number of hydrogen-bond acceptors (Lipinski definition) is 2. The first-order valence-electron chi connectivity index (χ1n) is 5.96. The zero-order valence-electron chi connectivity index (χ0n) is 10.5. The van der Waals surface area contributed by atoms with Gasteiger partial charge in [0.15, 0.2) is 5.96 Å². The highest BCUT2D eigenvalue weighted by Gasteiger charge is 1.98. The molecule has 0 fully saturated rings. The van der Waals surface area contributed by atoms with E-state index in [1.54, 1.807) is 18.4 Å². The van der Waals surface area contributed by atoms with Crippen LogP contribution in [0, 0.1) is 0 Å². The molecular weight excluding hydrogens is 244 g/mol. The van der Waals surface area contributed by atoms with E-state index in [4.69, 9.17) is 0 Å². The molecule has 96 valence electrons. The van der Waals surface area contributed by atoms with E-state index in [1.165, 1.54) is 4.88 Å². The van der Waals surface area contributed by atoms with Gasteiger partial charge in [-0.25, -0.2) is 0 Å². The fourth-order valence-corrected chi connectivity index (χ4v) is 2.27. The molecule has 0 amide bonds. The summed E-state index contributed by atoms with van der Waals surface area (Å²) in [4.78, 5) is 5.50. The van der Waals surface area contributed by atoms with Crippen molar-refractivity contribution < 1.29 is 0 Å². The van der Waals surface area contributed by atoms with Crippen LogP contribution in [-0.2, 0) is 13.1 Å². The maximum atomic E-state index is 4.20. The number of aliphatic imine (C=N–C) groups is 1. The minimum atomic E-state index is 0.820. The number of hydrogen-bond donors (Lipinski definition) is 2. The van der Waals surface area contributed by atoms with Crippen molar-refractivity contribution in [3.8, 4) is 0 Å². The minimum Gasteiger partial charge on any atom is -0.355 e. The minimum absolute atomic E-state index is 0.820. The van der Waals surface area contributed by atoms with Crippen LogP contribution in [-0.4, -0.2) is 24.1 Å². The van der Waals surface area contributed by atoms with E-state index in [0.29, 0.717) is 0 Å². The second-order valence-corrected chi connectivity index (χ2v) is 4.89. The van der Waals surface area contributed by atoms with E-state index >= 15 is 0 Å². The standard InChI is InChI=1S/C13H18N4S/c1-14-13(16-11-12-5-4-10-18-12)15-6-9-17-7-2-3-8-17/h2-5,7-8,10H,6,9,11H2,1H3,(H2,14,15,16). The summed E-state index contributed by atoms with van der Waals surface area (Å²) >= 11 is 1.75. The largest absolute Gasteiger partial charge is 0.355 e. The smallest absolute Gasteiger partial charge is 0.191 e. The van der Waals surface area contributed by atoms with Crippen LogP contribution in [0.15, 0.2) is 47.0 Å². The lowest BCUT2D eigenvalue weighted by Crippen LogP contribution is -2.38. The molecule has 2 rings (SSSR count). The number of nitrogens with one attached hydrogen (secondary N) is 2. The summed E-state index contributed by atoms with van der Waals surface area (Å²) in [6.45, 7) is 2.62. The monoisotopic (exact) mass is 262 g/mol. The Morgan fingerprint density at radius 2 is 2.11 bits per heavy atom. The van der Waals surface area contributed by atoms with Crippen molar-refractivity contribution in [1.29, 1.82) is 0 Å². The first kappa shape index (κ1) is 12.7. The van der Waals surface area contributed by atoms with E-state index in [0.717, 1.165) is 25.6 Å². The first-order chi connectivity index (χ1) is 8.88. The van der Waals surface area contributed by atoms with Crippen molar-refractivity contribution in [2.45, 2.75) is 13.1 Å². The van der Waals surface area contributed by atoms with Crippen LogP contribution in [0.2, 0.25) is 0 Å². The van der Waals surface area contributed by atoms with Gasteiger partial charge in [0.05, 0.1) is 6.54 Å². The highest BCUT2D eigenvalue weighted by Crippen LogP contribution is 2.06. The summed E-state index contributed by atoms with van der Waals surface area (Å²) in [5.74, 6) is 0.843. The zero-order chi connectivity index (χ0) is 12.6. The van der Waals surface area contributed by atoms with Gasteiger partial charge in [-0.3, -0.25) is 4.99 Å². The van der Waals surface area contributed by atoms with E-state index < -0.39 is 0 Å². The van der Waals surface area contributed by atoms with Gasteiger partial charge in [0, 0.05) is 37.4 Å². The molecule has 0 aliphatic heterocycles. The highest BCUT2D eigenvalue weighted by molar-refractivity contribution is 7.09. The van der Waals surface area contributed by atoms with Crippen molar-refractivity contribution in [3.63, 3.8) is 0 Å². The molecule has 0 aromatic carbocycles. The molecular formula is C13H18N4S. The number of guanidine groups is 1. The van der Waals surface area contributed by atoms with Gasteiger partial charge in [-0.15, -0.1) is 11.3 Å². The Bertz CT molecular complexity index is 459. The SMILES string of the molecule is CN=C(NCCn1cccc1)NCc1cccs1. The first-order valence-corrected chi connectivity index (χ1v) is 6.84. The number of thiophene rings is 1. The molecule has 2 aromatic rings. The van der Waals surface area contributed by atoms with Crippen LogP contribution >= 0.6 is 11.3 Å². The lowest BCUT2D eigenvalue weighted by Gasteiger charge is -2.11. The molecule has 0 unspecified atom stereocenters. The van der Waals surface area contributed by atoms with Crippen LogP contribution in [0.3, 0.4) is 0 Å². The summed E-state index contributed by atoms with van der Waals surface area (Å²) in [6, 6.07) is 8.24. The van der Waals surface area contributed by atoms with Crippen LogP contribution in [0.4, 0.5) is 0 Å². The molecule has 0 spiro atoms. The molecule has 2 heterocycles. The Morgan fingerprint density at radius 1 is 1.28 bits per heavy atom. The maximum Gasteiger partial charge on any atom is 0.191 e. The molecule has 0 atom stereocenters. The van der Waals surface area contributed by atoms with Gasteiger partial charge in [-0.2, -0.15) is 0 Å². The second kappa shape index (κ2) is 6.86. The molecule has 18 heavy (non-hydrogen) atoms. The third kappa shape index (κ3) is 3.92. The molecule has 2 N–H and O–H groups in total. The molecule has 0 aliphatic rings. The second-order valence-electron chi connectivity index (χ2n) is 3.85. The van der Waals surface area contributed by atoms with E-state index in [1.807, 2.05) is 12.1 Å². The predicted octanol–water partition coefficient (Wildman–Crippen LogP) is 1.91. The average Bonchev–Trinajstić information content (AvgIpc) is 3.06. The fraction of sp³-hybridized carbons (Fsp3) is 0.308. The van der Waals surface area contributed by atoms with E-state index in [9.17, 15) is 0 Å². The van der Waals surface area contributed by atoms with E-state index in [2.05, 4.69) is 50.1 Å². The lowest BCUT2D eigenvalue weighted by atomic mass is 10.4. The lowest BCUT2D eigenvalue weighted by molar-refractivity contribution is 0.666. The summed E-state index contributed by atoms with van der Waals surface area (Å²) in [6.07, 6.45) is 4.12. The van der Waals surface area contributed by atoms with Gasteiger partial charge in [-0.1, -0.05) is 6.07 Å². The Morgan fingerprint density at radius 3 is 2.78 bits per heavy atom. The van der Waals surface area contributed by atoms with Crippen LogP contribution in [0.5, 0.6) is 0 Å². The Labute approximate surface area is 111 Å².